The summed E-state index contributed by atoms with van der Waals surface area (Å²) >= 11 is 0. The van der Waals surface area contributed by atoms with Gasteiger partial charge in [-0.05, 0) is 29.7 Å². The highest BCUT2D eigenvalue weighted by molar-refractivity contribution is 5.89. The van der Waals surface area contributed by atoms with E-state index in [0.29, 0.717) is 0 Å². The van der Waals surface area contributed by atoms with Crippen LogP contribution in [0.25, 0.3) is 22.4 Å². The Morgan fingerprint density at radius 1 is 0.960 bits per heavy atom. The number of aromatic nitrogens is 3. The lowest BCUT2D eigenvalue weighted by atomic mass is 10.00. The van der Waals surface area contributed by atoms with Gasteiger partial charge in [-0.1, -0.05) is 31.2 Å². The number of aryl methyl sites for hydroxylation is 1. The smallest absolute Gasteiger partial charge is 0.159 e. The highest BCUT2D eigenvalue weighted by Gasteiger charge is 2.22. The molecule has 0 amide bonds. The first-order valence-corrected chi connectivity index (χ1v) is 8.90. The van der Waals surface area contributed by atoms with Gasteiger partial charge in [0, 0.05) is 44.1 Å². The topological polar surface area (TPSA) is 56.8 Å². The second kappa shape index (κ2) is 7.07. The highest BCUT2D eigenvalue weighted by Crippen LogP contribution is 2.37. The molecule has 25 heavy (non-hydrogen) atoms. The minimum atomic E-state index is 0.969. The molecule has 3 aromatic rings. The van der Waals surface area contributed by atoms with Crippen LogP contribution in [0.5, 0.6) is 0 Å². The molecule has 0 atom stereocenters. The second-order valence-corrected chi connectivity index (χ2v) is 6.32. The summed E-state index contributed by atoms with van der Waals surface area (Å²) in [6.07, 6.45) is 4.73. The summed E-state index contributed by atoms with van der Waals surface area (Å²) < 4.78 is 0. The van der Waals surface area contributed by atoms with Gasteiger partial charge in [-0.2, -0.15) is 5.10 Å². The molecular formula is C20H23N5. The molecule has 5 nitrogen and oxygen atoms in total. The summed E-state index contributed by atoms with van der Waals surface area (Å²) in [6.45, 7) is 6.09. The molecule has 0 unspecified atom stereocenters. The molecule has 3 heterocycles. The summed E-state index contributed by atoms with van der Waals surface area (Å²) in [5, 5.41) is 11.4. The van der Waals surface area contributed by atoms with Gasteiger partial charge in [0.1, 0.15) is 0 Å². The Morgan fingerprint density at radius 2 is 1.68 bits per heavy atom. The van der Waals surface area contributed by atoms with Gasteiger partial charge >= 0.3 is 0 Å². The Labute approximate surface area is 148 Å². The van der Waals surface area contributed by atoms with Crippen LogP contribution in [-0.4, -0.2) is 41.4 Å². The van der Waals surface area contributed by atoms with Crippen LogP contribution in [0.2, 0.25) is 0 Å². The minimum absolute atomic E-state index is 0.969. The van der Waals surface area contributed by atoms with E-state index in [1.54, 1.807) is 0 Å². The van der Waals surface area contributed by atoms with Crippen molar-refractivity contribution in [3.8, 4) is 22.4 Å². The summed E-state index contributed by atoms with van der Waals surface area (Å²) in [5.41, 5.74) is 5.89. The number of nitrogens with one attached hydrogen (secondary N) is 2. The van der Waals surface area contributed by atoms with Gasteiger partial charge in [-0.3, -0.25) is 10.1 Å². The number of H-pyrrole nitrogens is 1. The Hall–Kier alpha value is -2.66. The maximum Gasteiger partial charge on any atom is 0.159 e. The normalized spacial score (nSPS) is 14.7. The average molecular weight is 333 g/mol. The van der Waals surface area contributed by atoms with E-state index in [2.05, 4.69) is 68.7 Å². The lowest BCUT2D eigenvalue weighted by Crippen LogP contribution is -2.43. The van der Waals surface area contributed by atoms with Crippen LogP contribution in [0.4, 0.5) is 5.82 Å². The average Bonchev–Trinajstić information content (AvgIpc) is 3.14. The number of aromatic amines is 1. The van der Waals surface area contributed by atoms with Gasteiger partial charge in [0.25, 0.3) is 0 Å². The quantitative estimate of drug-likeness (QED) is 0.770. The van der Waals surface area contributed by atoms with Crippen molar-refractivity contribution >= 4 is 5.82 Å². The largest absolute Gasteiger partial charge is 0.352 e. The van der Waals surface area contributed by atoms with Gasteiger partial charge in [0.05, 0.1) is 11.3 Å². The van der Waals surface area contributed by atoms with Gasteiger partial charge < -0.3 is 10.2 Å². The van der Waals surface area contributed by atoms with E-state index in [4.69, 9.17) is 0 Å². The molecule has 2 N–H and O–H groups in total. The Balaban J connectivity index is 1.82. The second-order valence-electron chi connectivity index (χ2n) is 6.32. The Kier molecular flexibility index (Phi) is 4.48. The van der Waals surface area contributed by atoms with Gasteiger partial charge in [-0.15, -0.1) is 0 Å². The Morgan fingerprint density at radius 3 is 2.36 bits per heavy atom. The van der Waals surface area contributed by atoms with E-state index >= 15 is 0 Å². The van der Waals surface area contributed by atoms with Crippen molar-refractivity contribution in [1.82, 2.24) is 20.5 Å². The zero-order valence-electron chi connectivity index (χ0n) is 14.5. The predicted octanol–water partition coefficient (Wildman–Crippen LogP) is 3.11. The maximum atomic E-state index is 4.69. The Bertz CT molecular complexity index is 817. The number of pyridine rings is 1. The van der Waals surface area contributed by atoms with Crippen LogP contribution in [0.3, 0.4) is 0 Å². The lowest BCUT2D eigenvalue weighted by molar-refractivity contribution is 0.585. The van der Waals surface area contributed by atoms with Crippen molar-refractivity contribution in [1.29, 1.82) is 0 Å². The monoisotopic (exact) mass is 333 g/mol. The number of anilines is 1. The van der Waals surface area contributed by atoms with Crippen LogP contribution in [0.15, 0.2) is 48.8 Å². The molecule has 1 saturated heterocycles. The van der Waals surface area contributed by atoms with Crippen molar-refractivity contribution in [2.75, 3.05) is 31.1 Å². The first-order chi connectivity index (χ1) is 12.4. The standard InChI is InChI=1S/C20H23N5/c1-2-15-3-5-17(6-4-15)19-18(16-7-9-21-10-8-16)20(24-23-19)25-13-11-22-12-14-25/h3-10,22H,2,11-14H2,1H3,(H,23,24). The molecule has 0 spiro atoms. The van der Waals surface area contributed by atoms with Crippen molar-refractivity contribution in [3.63, 3.8) is 0 Å². The molecule has 5 heteroatoms. The van der Waals surface area contributed by atoms with Crippen LogP contribution in [0, 0.1) is 0 Å². The third-order valence-electron chi connectivity index (χ3n) is 4.78. The molecule has 0 saturated carbocycles. The number of hydrogen-bond acceptors (Lipinski definition) is 4. The summed E-state index contributed by atoms with van der Waals surface area (Å²) in [6, 6.07) is 12.9. The van der Waals surface area contributed by atoms with Crippen LogP contribution >= 0.6 is 0 Å². The van der Waals surface area contributed by atoms with E-state index in [9.17, 15) is 0 Å². The number of rotatable bonds is 4. The van der Waals surface area contributed by atoms with E-state index < -0.39 is 0 Å². The fraction of sp³-hybridized carbons (Fsp3) is 0.300. The fourth-order valence-electron chi connectivity index (χ4n) is 3.35. The van der Waals surface area contributed by atoms with Gasteiger partial charge in [0.2, 0.25) is 0 Å². The molecule has 0 aliphatic carbocycles. The van der Waals surface area contributed by atoms with Gasteiger partial charge in [-0.25, -0.2) is 0 Å². The van der Waals surface area contributed by atoms with E-state index in [1.165, 1.54) is 5.56 Å². The number of piperazine rings is 1. The number of hydrogen-bond donors (Lipinski definition) is 2. The van der Waals surface area contributed by atoms with Crippen molar-refractivity contribution in [2.45, 2.75) is 13.3 Å². The van der Waals surface area contributed by atoms with E-state index in [0.717, 1.165) is 60.8 Å². The summed E-state index contributed by atoms with van der Waals surface area (Å²) in [7, 11) is 0. The zero-order valence-corrected chi connectivity index (χ0v) is 14.5. The van der Waals surface area contributed by atoms with E-state index in [-0.39, 0.29) is 0 Å². The molecule has 2 aromatic heterocycles. The molecule has 4 rings (SSSR count). The third kappa shape index (κ3) is 3.15. The van der Waals surface area contributed by atoms with Gasteiger partial charge in [0.15, 0.2) is 5.82 Å². The molecule has 0 bridgehead atoms. The van der Waals surface area contributed by atoms with Crippen molar-refractivity contribution in [2.24, 2.45) is 0 Å². The zero-order chi connectivity index (χ0) is 17.1. The SMILES string of the molecule is CCc1ccc(-c2[nH]nc(N3CCNCC3)c2-c2ccncc2)cc1. The minimum Gasteiger partial charge on any atom is -0.352 e. The van der Waals surface area contributed by atoms with E-state index in [1.807, 2.05) is 12.4 Å². The molecule has 1 aliphatic heterocycles. The predicted molar refractivity (Wildman–Crippen MR) is 102 cm³/mol. The van der Waals surface area contributed by atoms with Crippen LogP contribution < -0.4 is 10.2 Å². The third-order valence-corrected chi connectivity index (χ3v) is 4.78. The molecule has 1 fully saturated rings. The van der Waals surface area contributed by atoms with Crippen molar-refractivity contribution in [3.05, 3.63) is 54.4 Å². The maximum absolute atomic E-state index is 4.69. The first-order valence-electron chi connectivity index (χ1n) is 8.90. The molecule has 1 aromatic carbocycles. The molecular weight excluding hydrogens is 310 g/mol. The van der Waals surface area contributed by atoms with Crippen LogP contribution in [-0.2, 0) is 6.42 Å². The molecule has 1 aliphatic rings. The summed E-state index contributed by atoms with van der Waals surface area (Å²) in [4.78, 5) is 6.52. The van der Waals surface area contributed by atoms with Crippen LogP contribution in [0.1, 0.15) is 12.5 Å². The lowest BCUT2D eigenvalue weighted by Gasteiger charge is -2.28. The number of benzene rings is 1. The molecule has 128 valence electrons. The highest BCUT2D eigenvalue weighted by atomic mass is 15.3. The van der Waals surface area contributed by atoms with Crippen molar-refractivity contribution < 1.29 is 0 Å². The fourth-order valence-corrected chi connectivity index (χ4v) is 3.35. The molecule has 0 radical (unpaired) electrons. The number of nitrogens with zero attached hydrogens (tertiary/aromatic N) is 3. The summed E-state index contributed by atoms with van der Waals surface area (Å²) in [5.74, 6) is 1.03. The first kappa shape index (κ1) is 15.8.